The molecule has 10 nitrogen and oxygen atoms in total. The average Bonchev–Trinajstić information content (AvgIpc) is 3.03. The van der Waals surface area contributed by atoms with Crippen LogP contribution < -0.4 is 25.0 Å². The molecule has 0 radical (unpaired) electrons. The molecule has 2 aliphatic rings. The topological polar surface area (TPSA) is 123 Å². The Morgan fingerprint density at radius 2 is 2.00 bits per heavy atom. The first-order valence-electron chi connectivity index (χ1n) is 14.3. The molecule has 5 rings (SSSR count). The van der Waals surface area contributed by atoms with E-state index in [0.717, 1.165) is 54.0 Å². The predicted molar refractivity (Wildman–Crippen MR) is 159 cm³/mol. The van der Waals surface area contributed by atoms with E-state index in [-0.39, 0.29) is 12.6 Å². The van der Waals surface area contributed by atoms with Gasteiger partial charge in [-0.05, 0) is 75.0 Å². The first-order valence-corrected chi connectivity index (χ1v) is 14.3. The number of piperidine rings is 1. The number of benzene rings is 2. The summed E-state index contributed by atoms with van der Waals surface area (Å²) < 4.78 is 11.9. The molecule has 1 aromatic heterocycles. The summed E-state index contributed by atoms with van der Waals surface area (Å²) in [5.41, 5.74) is 3.59. The van der Waals surface area contributed by atoms with Gasteiger partial charge in [0.1, 0.15) is 0 Å². The van der Waals surface area contributed by atoms with Crippen LogP contribution in [0.3, 0.4) is 0 Å². The summed E-state index contributed by atoms with van der Waals surface area (Å²) in [7, 11) is 1.63. The number of carbonyl (C=O) groups is 1. The Morgan fingerprint density at radius 3 is 2.68 bits per heavy atom. The zero-order valence-electron chi connectivity index (χ0n) is 23.6. The van der Waals surface area contributed by atoms with Gasteiger partial charge in [0.25, 0.3) is 0 Å². The highest BCUT2D eigenvalue weighted by molar-refractivity contribution is 5.96. The molecule has 2 aromatic carbocycles. The van der Waals surface area contributed by atoms with Crippen molar-refractivity contribution in [2.45, 2.75) is 32.3 Å². The minimum Gasteiger partial charge on any atom is -0.493 e. The van der Waals surface area contributed by atoms with E-state index in [1.54, 1.807) is 42.5 Å². The van der Waals surface area contributed by atoms with Crippen molar-refractivity contribution in [3.63, 3.8) is 0 Å². The van der Waals surface area contributed by atoms with Crippen LogP contribution in [0.5, 0.6) is 11.5 Å². The van der Waals surface area contributed by atoms with Crippen molar-refractivity contribution in [1.29, 1.82) is 5.26 Å². The number of aromatic nitrogens is 1. The van der Waals surface area contributed by atoms with Crippen LogP contribution >= 0.6 is 0 Å². The number of rotatable bonds is 9. The molecular weight excluding hydrogens is 520 g/mol. The second kappa shape index (κ2) is 13.5. The maximum atomic E-state index is 12.9. The molecule has 41 heavy (non-hydrogen) atoms. The second-order valence-electron chi connectivity index (χ2n) is 10.6. The lowest BCUT2D eigenvalue weighted by atomic mass is 9.95. The van der Waals surface area contributed by atoms with Crippen molar-refractivity contribution in [2.24, 2.45) is 5.92 Å². The van der Waals surface area contributed by atoms with E-state index in [2.05, 4.69) is 26.6 Å². The average molecular weight is 559 g/mol. The lowest BCUT2D eigenvalue weighted by Crippen LogP contribution is -2.50. The van der Waals surface area contributed by atoms with Crippen molar-refractivity contribution < 1.29 is 19.4 Å². The molecule has 2 aliphatic heterocycles. The zero-order chi connectivity index (χ0) is 28.6. The molecule has 3 N–H and O–H groups in total. The van der Waals surface area contributed by atoms with Gasteiger partial charge in [-0.1, -0.05) is 0 Å². The molecule has 0 bridgehead atoms. The number of nitrogens with zero attached hydrogens (tertiary/aromatic N) is 4. The molecule has 10 heteroatoms. The Labute approximate surface area is 240 Å². The fourth-order valence-corrected chi connectivity index (χ4v) is 5.68. The number of pyridine rings is 1. The van der Waals surface area contributed by atoms with E-state index in [1.165, 1.54) is 12.8 Å². The van der Waals surface area contributed by atoms with Gasteiger partial charge in [-0.2, -0.15) is 5.26 Å². The Morgan fingerprint density at radius 1 is 1.20 bits per heavy atom. The van der Waals surface area contributed by atoms with Crippen molar-refractivity contribution in [3.8, 4) is 17.6 Å². The van der Waals surface area contributed by atoms with Gasteiger partial charge < -0.3 is 35.0 Å². The Balaban J connectivity index is 1.26. The number of fused-ring (bicyclic) bond motifs is 1. The third kappa shape index (κ3) is 6.81. The molecule has 1 unspecified atom stereocenters. The smallest absolute Gasteiger partial charge is 0.321 e. The number of nitriles is 1. The number of ether oxygens (including phenoxy) is 2. The minimum atomic E-state index is -0.181. The van der Waals surface area contributed by atoms with Crippen LogP contribution in [0.2, 0.25) is 0 Å². The molecule has 0 aliphatic carbocycles. The molecular formula is C31H38N6O4. The van der Waals surface area contributed by atoms with Gasteiger partial charge in [0, 0.05) is 55.1 Å². The van der Waals surface area contributed by atoms with Gasteiger partial charge in [0.15, 0.2) is 11.5 Å². The number of piperazine rings is 1. The fraction of sp³-hybridized carbons (Fsp3) is 0.452. The van der Waals surface area contributed by atoms with Crippen molar-refractivity contribution in [2.75, 3.05) is 63.2 Å². The molecule has 2 fully saturated rings. The van der Waals surface area contributed by atoms with E-state index >= 15 is 0 Å². The highest BCUT2D eigenvalue weighted by Gasteiger charge is 2.25. The third-order valence-electron chi connectivity index (χ3n) is 7.93. The number of methoxy groups -OCH3 is 1. The molecule has 0 spiro atoms. The van der Waals surface area contributed by atoms with Crippen LogP contribution in [-0.4, -0.2) is 74.0 Å². The summed E-state index contributed by atoms with van der Waals surface area (Å²) >= 11 is 0. The summed E-state index contributed by atoms with van der Waals surface area (Å²) in [6.07, 6.45) is 6.37. The molecule has 216 valence electrons. The Hall–Kier alpha value is -4.07. The van der Waals surface area contributed by atoms with E-state index in [1.807, 2.05) is 12.1 Å². The van der Waals surface area contributed by atoms with Crippen LogP contribution in [0.1, 0.15) is 36.8 Å². The highest BCUT2D eigenvalue weighted by atomic mass is 16.5. The summed E-state index contributed by atoms with van der Waals surface area (Å²) in [6, 6.07) is 12.6. The van der Waals surface area contributed by atoms with Crippen molar-refractivity contribution in [3.05, 3.63) is 53.7 Å². The number of aliphatic hydroxyl groups excluding tert-OH is 1. The molecule has 3 aromatic rings. The molecule has 2 amide bonds. The summed E-state index contributed by atoms with van der Waals surface area (Å²) in [6.45, 7) is 4.93. The quantitative estimate of drug-likeness (QED) is 0.335. The van der Waals surface area contributed by atoms with Crippen molar-refractivity contribution >= 4 is 28.3 Å². The van der Waals surface area contributed by atoms with Crippen molar-refractivity contribution in [1.82, 2.24) is 15.2 Å². The number of amides is 2. The summed E-state index contributed by atoms with van der Waals surface area (Å²) in [5, 5.41) is 26.4. The van der Waals surface area contributed by atoms with Gasteiger partial charge in [-0.3, -0.25) is 4.98 Å². The number of hydrogen-bond donors (Lipinski definition) is 3. The van der Waals surface area contributed by atoms with E-state index < -0.39 is 0 Å². The Kier molecular flexibility index (Phi) is 9.39. The lowest BCUT2D eigenvalue weighted by Gasteiger charge is -2.37. The van der Waals surface area contributed by atoms with Crippen LogP contribution in [0.4, 0.5) is 16.2 Å². The van der Waals surface area contributed by atoms with Crippen LogP contribution in [-0.2, 0) is 6.61 Å². The highest BCUT2D eigenvalue weighted by Crippen LogP contribution is 2.38. The summed E-state index contributed by atoms with van der Waals surface area (Å²) in [4.78, 5) is 21.5. The van der Waals surface area contributed by atoms with Gasteiger partial charge in [0.05, 0.1) is 43.2 Å². The third-order valence-corrected chi connectivity index (χ3v) is 7.93. The van der Waals surface area contributed by atoms with E-state index in [0.29, 0.717) is 55.5 Å². The SMILES string of the molecule is COc1cc2c(N3CCN(C(=O)Nc4ccc(C#N)cc4)CC3)c(CO)cnc2cc1OCCCC1CCCNC1. The molecule has 0 saturated carbocycles. The summed E-state index contributed by atoms with van der Waals surface area (Å²) in [5.74, 6) is 2.02. The number of urea groups is 1. The van der Waals surface area contributed by atoms with E-state index in [4.69, 9.17) is 14.7 Å². The monoisotopic (exact) mass is 558 g/mol. The fourth-order valence-electron chi connectivity index (χ4n) is 5.68. The van der Waals surface area contributed by atoms with Gasteiger partial charge >= 0.3 is 6.03 Å². The minimum absolute atomic E-state index is 0.145. The second-order valence-corrected chi connectivity index (χ2v) is 10.6. The Bertz CT molecular complexity index is 1380. The van der Waals surface area contributed by atoms with Gasteiger partial charge in [-0.25, -0.2) is 4.79 Å². The predicted octanol–water partition coefficient (Wildman–Crippen LogP) is 4.12. The van der Waals surface area contributed by atoms with E-state index in [9.17, 15) is 9.90 Å². The van der Waals surface area contributed by atoms with Gasteiger partial charge in [0.2, 0.25) is 0 Å². The maximum Gasteiger partial charge on any atom is 0.321 e. The van der Waals surface area contributed by atoms with Crippen LogP contribution in [0, 0.1) is 17.2 Å². The molecule has 1 atom stereocenters. The number of hydrogen-bond acceptors (Lipinski definition) is 8. The van der Waals surface area contributed by atoms with Crippen LogP contribution in [0.25, 0.3) is 10.9 Å². The maximum absolute atomic E-state index is 12.9. The van der Waals surface area contributed by atoms with Gasteiger partial charge in [-0.15, -0.1) is 0 Å². The molecule has 2 saturated heterocycles. The number of aliphatic hydroxyl groups is 1. The number of carbonyl (C=O) groups excluding carboxylic acids is 1. The normalized spacial score (nSPS) is 17.2. The first kappa shape index (κ1) is 28.5. The number of anilines is 2. The number of nitrogens with one attached hydrogen (secondary N) is 2. The standard InChI is InChI=1S/C31H38N6O4/c1-40-28-16-26-27(17-29(28)41-15-3-5-23-4-2-10-33-19-23)34-20-24(21-38)30(26)36-11-13-37(14-12-36)31(39)35-25-8-6-22(18-32)7-9-25/h6-9,16-17,20,23,33,38H,2-5,10-15,19,21H2,1H3,(H,35,39). The largest absolute Gasteiger partial charge is 0.493 e. The zero-order valence-corrected chi connectivity index (χ0v) is 23.6. The molecule has 3 heterocycles. The first-order chi connectivity index (χ1) is 20.1. The van der Waals surface area contributed by atoms with Crippen LogP contribution in [0.15, 0.2) is 42.6 Å². The lowest BCUT2D eigenvalue weighted by molar-refractivity contribution is 0.208.